The molecule has 0 radical (unpaired) electrons. The summed E-state index contributed by atoms with van der Waals surface area (Å²) in [4.78, 5) is 16.0. The van der Waals surface area contributed by atoms with Crippen LogP contribution < -0.4 is 5.32 Å². The summed E-state index contributed by atoms with van der Waals surface area (Å²) in [6, 6.07) is 14.2. The summed E-state index contributed by atoms with van der Waals surface area (Å²) in [5.41, 5.74) is 6.22. The molecule has 0 spiro atoms. The smallest absolute Gasteiger partial charge is 0.340 e. The predicted molar refractivity (Wildman–Crippen MR) is 109 cm³/mol. The number of para-hydroxylation sites is 1. The van der Waals surface area contributed by atoms with Gasteiger partial charge >= 0.3 is 5.97 Å². The number of carbonyl (C=O) groups excluding carboxylic acids is 1. The molecule has 140 valence electrons. The van der Waals surface area contributed by atoms with E-state index in [1.165, 1.54) is 27.7 Å². The SMILES string of the molecule is CCOC(=O)c1ccccc1NC1(C)CCCc2c1[nH]c1ccc(C)cc21. The summed E-state index contributed by atoms with van der Waals surface area (Å²) in [7, 11) is 0. The number of aromatic amines is 1. The molecule has 0 amide bonds. The molecule has 1 aromatic heterocycles. The Morgan fingerprint density at radius 3 is 2.89 bits per heavy atom. The first-order chi connectivity index (χ1) is 13.0. The monoisotopic (exact) mass is 362 g/mol. The van der Waals surface area contributed by atoms with E-state index in [-0.39, 0.29) is 11.5 Å². The molecule has 0 aliphatic heterocycles. The van der Waals surface area contributed by atoms with Crippen molar-refractivity contribution in [2.45, 2.75) is 45.6 Å². The number of nitrogens with one attached hydrogen (secondary N) is 2. The summed E-state index contributed by atoms with van der Waals surface area (Å²) < 4.78 is 5.23. The Bertz CT molecular complexity index is 1000. The van der Waals surface area contributed by atoms with Crippen LogP contribution in [-0.4, -0.2) is 17.6 Å². The van der Waals surface area contributed by atoms with Gasteiger partial charge in [0.25, 0.3) is 0 Å². The minimum Gasteiger partial charge on any atom is -0.462 e. The molecule has 4 nitrogen and oxygen atoms in total. The Morgan fingerprint density at radius 1 is 1.26 bits per heavy atom. The van der Waals surface area contributed by atoms with Crippen molar-refractivity contribution in [1.82, 2.24) is 4.98 Å². The average molecular weight is 362 g/mol. The number of hydrogen-bond donors (Lipinski definition) is 2. The molecule has 0 fully saturated rings. The van der Waals surface area contributed by atoms with Crippen LogP contribution in [0.4, 0.5) is 5.69 Å². The van der Waals surface area contributed by atoms with Gasteiger partial charge < -0.3 is 15.0 Å². The molecule has 2 N–H and O–H groups in total. The van der Waals surface area contributed by atoms with Gasteiger partial charge in [0.15, 0.2) is 0 Å². The molecule has 27 heavy (non-hydrogen) atoms. The highest BCUT2D eigenvalue weighted by Gasteiger charge is 2.35. The van der Waals surface area contributed by atoms with Crippen LogP contribution in [0.15, 0.2) is 42.5 Å². The number of carbonyl (C=O) groups is 1. The lowest BCUT2D eigenvalue weighted by molar-refractivity contribution is 0.0527. The standard InChI is InChI=1S/C23H26N2O2/c1-4-27-22(26)17-8-5-6-10-20(17)25-23(3)13-7-9-16-18-14-15(2)11-12-19(18)24-21(16)23/h5-6,8,10-12,14,24-25H,4,7,9,13H2,1-3H3. The molecular formula is C23H26N2O2. The highest BCUT2D eigenvalue weighted by atomic mass is 16.5. The first-order valence-electron chi connectivity index (χ1n) is 9.68. The summed E-state index contributed by atoms with van der Waals surface area (Å²) in [6.07, 6.45) is 3.19. The zero-order valence-electron chi connectivity index (χ0n) is 16.2. The number of anilines is 1. The molecule has 1 aliphatic rings. The maximum Gasteiger partial charge on any atom is 0.340 e. The Balaban J connectivity index is 1.76. The second-order valence-corrected chi connectivity index (χ2v) is 7.60. The van der Waals surface area contributed by atoms with Gasteiger partial charge in [0.2, 0.25) is 0 Å². The average Bonchev–Trinajstić information content (AvgIpc) is 3.02. The van der Waals surface area contributed by atoms with Crippen LogP contribution in [0.2, 0.25) is 0 Å². The van der Waals surface area contributed by atoms with E-state index in [1.807, 2.05) is 31.2 Å². The van der Waals surface area contributed by atoms with Crippen molar-refractivity contribution in [3.63, 3.8) is 0 Å². The van der Waals surface area contributed by atoms with E-state index < -0.39 is 0 Å². The summed E-state index contributed by atoms with van der Waals surface area (Å²) >= 11 is 0. The van der Waals surface area contributed by atoms with Gasteiger partial charge in [-0.3, -0.25) is 0 Å². The Hall–Kier alpha value is -2.75. The molecule has 1 atom stereocenters. The van der Waals surface area contributed by atoms with Gasteiger partial charge in [0, 0.05) is 22.3 Å². The van der Waals surface area contributed by atoms with Crippen LogP contribution >= 0.6 is 0 Å². The summed E-state index contributed by atoms with van der Waals surface area (Å²) in [5.74, 6) is -0.285. The number of H-pyrrole nitrogens is 1. The fourth-order valence-corrected chi connectivity index (χ4v) is 4.24. The van der Waals surface area contributed by atoms with Crippen molar-refractivity contribution < 1.29 is 9.53 Å². The van der Waals surface area contributed by atoms with Crippen LogP contribution in [0, 0.1) is 6.92 Å². The number of hydrogen-bond acceptors (Lipinski definition) is 3. The lowest BCUT2D eigenvalue weighted by atomic mass is 9.81. The van der Waals surface area contributed by atoms with Gasteiger partial charge in [-0.2, -0.15) is 0 Å². The van der Waals surface area contributed by atoms with E-state index in [4.69, 9.17) is 4.74 Å². The minimum atomic E-state index is -0.285. The zero-order chi connectivity index (χ0) is 19.0. The fraction of sp³-hybridized carbons (Fsp3) is 0.348. The number of benzene rings is 2. The van der Waals surface area contributed by atoms with E-state index >= 15 is 0 Å². The van der Waals surface area contributed by atoms with Crippen molar-refractivity contribution in [1.29, 1.82) is 0 Å². The molecule has 4 rings (SSSR count). The normalized spacial score (nSPS) is 18.9. The number of aromatic nitrogens is 1. The second-order valence-electron chi connectivity index (χ2n) is 7.60. The Kier molecular flexibility index (Phi) is 4.42. The molecule has 3 aromatic rings. The lowest BCUT2D eigenvalue weighted by Gasteiger charge is -2.36. The van der Waals surface area contributed by atoms with Gasteiger partial charge in [-0.25, -0.2) is 4.79 Å². The topological polar surface area (TPSA) is 54.1 Å². The van der Waals surface area contributed by atoms with Crippen molar-refractivity contribution in [3.05, 3.63) is 64.8 Å². The summed E-state index contributed by atoms with van der Waals surface area (Å²) in [5, 5.41) is 4.98. The molecule has 1 unspecified atom stereocenters. The first kappa shape index (κ1) is 17.7. The predicted octanol–water partition coefficient (Wildman–Crippen LogP) is 5.32. The molecule has 0 bridgehead atoms. The first-order valence-corrected chi connectivity index (χ1v) is 9.68. The maximum absolute atomic E-state index is 12.4. The lowest BCUT2D eigenvalue weighted by Crippen LogP contribution is -2.36. The number of esters is 1. The fourth-order valence-electron chi connectivity index (χ4n) is 4.24. The Morgan fingerprint density at radius 2 is 2.07 bits per heavy atom. The van der Waals surface area contributed by atoms with E-state index in [0.29, 0.717) is 12.2 Å². The van der Waals surface area contributed by atoms with Crippen molar-refractivity contribution in [3.8, 4) is 0 Å². The Labute approximate surface area is 159 Å². The van der Waals surface area contributed by atoms with Crippen molar-refractivity contribution >= 4 is 22.6 Å². The maximum atomic E-state index is 12.4. The van der Waals surface area contributed by atoms with E-state index in [9.17, 15) is 4.79 Å². The van der Waals surface area contributed by atoms with Gasteiger partial charge in [-0.15, -0.1) is 0 Å². The second kappa shape index (κ2) is 6.76. The minimum absolute atomic E-state index is 0.261. The highest BCUT2D eigenvalue weighted by molar-refractivity contribution is 5.96. The van der Waals surface area contributed by atoms with Crippen molar-refractivity contribution in [2.75, 3.05) is 11.9 Å². The van der Waals surface area contributed by atoms with Crippen LogP contribution in [0.3, 0.4) is 0 Å². The van der Waals surface area contributed by atoms with Gasteiger partial charge in [0.1, 0.15) is 0 Å². The van der Waals surface area contributed by atoms with Gasteiger partial charge in [-0.05, 0) is 69.9 Å². The summed E-state index contributed by atoms with van der Waals surface area (Å²) in [6.45, 7) is 6.55. The number of ether oxygens (including phenoxy) is 1. The van der Waals surface area contributed by atoms with Crippen LogP contribution in [0.1, 0.15) is 53.9 Å². The molecular weight excluding hydrogens is 336 g/mol. The molecule has 4 heteroatoms. The zero-order valence-corrected chi connectivity index (χ0v) is 16.2. The van der Waals surface area contributed by atoms with Gasteiger partial charge in [0.05, 0.1) is 17.7 Å². The van der Waals surface area contributed by atoms with E-state index in [1.54, 1.807) is 0 Å². The van der Waals surface area contributed by atoms with Crippen LogP contribution in [-0.2, 0) is 16.7 Å². The molecule has 2 aromatic carbocycles. The van der Waals surface area contributed by atoms with E-state index in [2.05, 4.69) is 42.3 Å². The largest absolute Gasteiger partial charge is 0.462 e. The molecule has 1 aliphatic carbocycles. The van der Waals surface area contributed by atoms with Gasteiger partial charge in [-0.1, -0.05) is 23.8 Å². The molecule has 1 heterocycles. The molecule has 0 saturated carbocycles. The number of aryl methyl sites for hydroxylation is 2. The highest BCUT2D eigenvalue weighted by Crippen LogP contribution is 2.41. The van der Waals surface area contributed by atoms with Crippen LogP contribution in [0.5, 0.6) is 0 Å². The quantitative estimate of drug-likeness (QED) is 0.618. The van der Waals surface area contributed by atoms with Crippen LogP contribution in [0.25, 0.3) is 10.9 Å². The van der Waals surface area contributed by atoms with E-state index in [0.717, 1.165) is 24.9 Å². The third-order valence-electron chi connectivity index (χ3n) is 5.55. The number of fused-ring (bicyclic) bond motifs is 3. The number of rotatable bonds is 4. The third-order valence-corrected chi connectivity index (χ3v) is 5.55. The third kappa shape index (κ3) is 3.09. The van der Waals surface area contributed by atoms with Crippen molar-refractivity contribution in [2.24, 2.45) is 0 Å². The molecule has 0 saturated heterocycles.